The highest BCUT2D eigenvalue weighted by atomic mass is 127. The molecule has 3 nitrogen and oxygen atoms in total. The summed E-state index contributed by atoms with van der Waals surface area (Å²) in [7, 11) is 0. The Balaban J connectivity index is 3.45. The van der Waals surface area contributed by atoms with Gasteiger partial charge in [0.25, 0.3) is 6.43 Å². The molecular weight excluding hydrogens is 422 g/mol. The van der Waals surface area contributed by atoms with Crippen molar-refractivity contribution in [2.75, 3.05) is 0 Å². The first-order valence-corrected chi connectivity index (χ1v) is 5.46. The van der Waals surface area contributed by atoms with Gasteiger partial charge in [0, 0.05) is 11.8 Å². The van der Waals surface area contributed by atoms with Crippen molar-refractivity contribution in [1.29, 1.82) is 0 Å². The number of nitrogens with zero attached hydrogens (tertiary/aromatic N) is 1. The fraction of sp³-hybridized carbons (Fsp3) is 0.143. The predicted molar refractivity (Wildman–Crippen MR) is 61.6 cm³/mol. The molecule has 0 bridgehead atoms. The molecule has 0 saturated carbocycles. The Labute approximate surface area is 105 Å². The van der Waals surface area contributed by atoms with Crippen LogP contribution in [-0.4, -0.2) is 16.1 Å². The number of aromatic carboxylic acids is 1. The monoisotopic (exact) mass is 425 g/mol. The second-order valence-corrected chi connectivity index (χ2v) is 4.40. The molecule has 0 spiro atoms. The zero-order valence-corrected chi connectivity index (χ0v) is 10.8. The van der Waals surface area contributed by atoms with E-state index < -0.39 is 23.5 Å². The molecule has 0 aliphatic heterocycles. The Morgan fingerprint density at radius 2 is 2.07 bits per heavy atom. The fourth-order valence-electron chi connectivity index (χ4n) is 0.861. The van der Waals surface area contributed by atoms with Gasteiger partial charge in [0.1, 0.15) is 3.70 Å². The van der Waals surface area contributed by atoms with Crippen LogP contribution in [0.15, 0.2) is 6.20 Å². The maximum absolute atomic E-state index is 12.5. The van der Waals surface area contributed by atoms with E-state index in [9.17, 15) is 13.6 Å². The van der Waals surface area contributed by atoms with E-state index in [-0.39, 0.29) is 3.57 Å². The molecule has 1 aromatic rings. The number of hydrogen-bond donors (Lipinski definition) is 1. The predicted octanol–water partition coefficient (Wildman–Crippen LogP) is 2.93. The molecule has 0 fully saturated rings. The van der Waals surface area contributed by atoms with Gasteiger partial charge in [-0.2, -0.15) is 0 Å². The van der Waals surface area contributed by atoms with Crippen LogP contribution < -0.4 is 0 Å². The van der Waals surface area contributed by atoms with Gasteiger partial charge in [-0.25, -0.2) is 18.6 Å². The van der Waals surface area contributed by atoms with E-state index in [1.54, 1.807) is 45.2 Å². The molecule has 14 heavy (non-hydrogen) atoms. The number of rotatable bonds is 2. The average molecular weight is 425 g/mol. The van der Waals surface area contributed by atoms with Crippen molar-refractivity contribution in [2.45, 2.75) is 6.43 Å². The van der Waals surface area contributed by atoms with Gasteiger partial charge in [-0.1, -0.05) is 0 Å². The fourth-order valence-corrected chi connectivity index (χ4v) is 1.96. The zero-order valence-electron chi connectivity index (χ0n) is 6.47. The summed E-state index contributed by atoms with van der Waals surface area (Å²) in [6.45, 7) is 0. The molecule has 7 heteroatoms. The summed E-state index contributed by atoms with van der Waals surface area (Å²) in [6.07, 6.45) is -1.85. The number of aromatic nitrogens is 1. The van der Waals surface area contributed by atoms with Gasteiger partial charge < -0.3 is 5.11 Å². The first-order chi connectivity index (χ1) is 6.45. The van der Waals surface area contributed by atoms with Gasteiger partial charge in [0.15, 0.2) is 0 Å². The molecule has 1 heterocycles. The molecule has 76 valence electrons. The number of carboxylic acid groups (broad SMARTS) is 1. The third-order valence-corrected chi connectivity index (χ3v) is 4.41. The Morgan fingerprint density at radius 3 is 2.50 bits per heavy atom. The van der Waals surface area contributed by atoms with Crippen molar-refractivity contribution < 1.29 is 18.7 Å². The summed E-state index contributed by atoms with van der Waals surface area (Å²) in [4.78, 5) is 14.3. The molecule has 0 aliphatic carbocycles. The normalized spacial score (nSPS) is 10.6. The lowest BCUT2D eigenvalue weighted by molar-refractivity contribution is 0.0683. The average Bonchev–Trinajstić information content (AvgIpc) is 2.08. The van der Waals surface area contributed by atoms with E-state index in [0.29, 0.717) is 3.70 Å². The zero-order chi connectivity index (χ0) is 10.9. The van der Waals surface area contributed by atoms with Gasteiger partial charge in [-0.3, -0.25) is 0 Å². The molecular formula is C7H3F2I2NO2. The molecule has 1 rings (SSSR count). The summed E-state index contributed by atoms with van der Waals surface area (Å²) in [6, 6.07) is 0. The minimum atomic E-state index is -2.80. The molecule has 0 radical (unpaired) electrons. The second kappa shape index (κ2) is 4.64. The largest absolute Gasteiger partial charge is 0.478 e. The highest BCUT2D eigenvalue weighted by Gasteiger charge is 2.23. The van der Waals surface area contributed by atoms with Crippen molar-refractivity contribution in [3.8, 4) is 0 Å². The Morgan fingerprint density at radius 1 is 1.50 bits per heavy atom. The van der Waals surface area contributed by atoms with Gasteiger partial charge in [-0.15, -0.1) is 0 Å². The number of carbonyl (C=O) groups is 1. The molecule has 0 amide bonds. The quantitative estimate of drug-likeness (QED) is 0.586. The van der Waals surface area contributed by atoms with Crippen LogP contribution in [0.25, 0.3) is 0 Å². The van der Waals surface area contributed by atoms with Crippen molar-refractivity contribution in [2.24, 2.45) is 0 Å². The molecule has 0 unspecified atom stereocenters. The lowest BCUT2D eigenvalue weighted by Gasteiger charge is -2.07. The number of pyridine rings is 1. The molecule has 0 aliphatic rings. The van der Waals surface area contributed by atoms with Crippen molar-refractivity contribution in [3.05, 3.63) is 24.6 Å². The first kappa shape index (κ1) is 12.0. The van der Waals surface area contributed by atoms with Crippen LogP contribution in [0, 0.1) is 7.27 Å². The van der Waals surface area contributed by atoms with Crippen LogP contribution in [0.3, 0.4) is 0 Å². The van der Waals surface area contributed by atoms with Crippen LogP contribution in [0.1, 0.15) is 22.3 Å². The molecule has 0 atom stereocenters. The highest BCUT2D eigenvalue weighted by molar-refractivity contribution is 14.1. The number of hydrogen-bond acceptors (Lipinski definition) is 2. The van der Waals surface area contributed by atoms with Crippen LogP contribution in [0.2, 0.25) is 0 Å². The summed E-state index contributed by atoms with van der Waals surface area (Å²) in [5.41, 5.74) is -0.901. The van der Waals surface area contributed by atoms with Crippen molar-refractivity contribution in [1.82, 2.24) is 4.98 Å². The number of carboxylic acids is 1. The van der Waals surface area contributed by atoms with Crippen LogP contribution in [0.5, 0.6) is 0 Å². The summed E-state index contributed by atoms with van der Waals surface area (Å²) < 4.78 is 25.6. The van der Waals surface area contributed by atoms with Crippen LogP contribution >= 0.6 is 45.2 Å². The summed E-state index contributed by atoms with van der Waals surface area (Å²) in [5, 5.41) is 8.65. The van der Waals surface area contributed by atoms with Crippen molar-refractivity contribution in [3.63, 3.8) is 0 Å². The minimum absolute atomic E-state index is 0.193. The van der Waals surface area contributed by atoms with E-state index in [2.05, 4.69) is 4.98 Å². The SMILES string of the molecule is O=C(O)c1cnc(I)c(I)c1C(F)F. The molecule has 1 aromatic heterocycles. The Bertz CT molecular complexity index is 384. The van der Waals surface area contributed by atoms with E-state index >= 15 is 0 Å². The lowest BCUT2D eigenvalue weighted by Crippen LogP contribution is -2.08. The standard InChI is InChI=1S/C7H3F2I2NO2/c8-5(9)3-2(7(13)14)1-12-6(11)4(3)10/h1,5H,(H,13,14). The van der Waals surface area contributed by atoms with Crippen molar-refractivity contribution >= 4 is 51.2 Å². The van der Waals surface area contributed by atoms with E-state index in [0.717, 1.165) is 6.20 Å². The van der Waals surface area contributed by atoms with Gasteiger partial charge in [0.2, 0.25) is 0 Å². The minimum Gasteiger partial charge on any atom is -0.478 e. The number of alkyl halides is 2. The second-order valence-electron chi connectivity index (χ2n) is 2.30. The Hall–Kier alpha value is -0.0600. The molecule has 0 saturated heterocycles. The topological polar surface area (TPSA) is 50.2 Å². The maximum Gasteiger partial charge on any atom is 0.337 e. The van der Waals surface area contributed by atoms with Crippen LogP contribution in [0.4, 0.5) is 8.78 Å². The number of halogens is 4. The molecule has 0 aromatic carbocycles. The highest BCUT2D eigenvalue weighted by Crippen LogP contribution is 2.29. The smallest absolute Gasteiger partial charge is 0.337 e. The third-order valence-electron chi connectivity index (χ3n) is 1.46. The van der Waals surface area contributed by atoms with E-state index in [1.807, 2.05) is 0 Å². The third kappa shape index (κ3) is 2.30. The molecule has 1 N–H and O–H groups in total. The Kier molecular flexibility index (Phi) is 3.98. The van der Waals surface area contributed by atoms with Gasteiger partial charge in [-0.05, 0) is 45.2 Å². The lowest BCUT2D eigenvalue weighted by atomic mass is 10.1. The van der Waals surface area contributed by atoms with Gasteiger partial charge in [0.05, 0.1) is 9.13 Å². The first-order valence-electron chi connectivity index (χ1n) is 3.30. The summed E-state index contributed by atoms with van der Waals surface area (Å²) in [5.74, 6) is -1.39. The maximum atomic E-state index is 12.5. The van der Waals surface area contributed by atoms with Crippen LogP contribution in [-0.2, 0) is 0 Å². The summed E-state index contributed by atoms with van der Waals surface area (Å²) >= 11 is 3.44. The van der Waals surface area contributed by atoms with E-state index in [4.69, 9.17) is 5.11 Å². The van der Waals surface area contributed by atoms with E-state index in [1.165, 1.54) is 0 Å². The van der Waals surface area contributed by atoms with Gasteiger partial charge >= 0.3 is 5.97 Å².